The predicted molar refractivity (Wildman–Crippen MR) is 137 cm³/mol. The second-order valence-electron chi connectivity index (χ2n) is 8.88. The molecule has 35 heavy (non-hydrogen) atoms. The van der Waals surface area contributed by atoms with E-state index in [1.807, 2.05) is 48.2 Å². The highest BCUT2D eigenvalue weighted by atomic mass is 32.2. The molecule has 1 aromatic heterocycles. The van der Waals surface area contributed by atoms with E-state index in [0.717, 1.165) is 29.7 Å². The molecule has 2 aliphatic heterocycles. The molecular formula is C26H27N5O3S. The monoisotopic (exact) mass is 489 g/mol. The van der Waals surface area contributed by atoms with Gasteiger partial charge in [0, 0.05) is 36.3 Å². The first kappa shape index (κ1) is 23.0. The van der Waals surface area contributed by atoms with Crippen LogP contribution in [0.1, 0.15) is 34.3 Å². The van der Waals surface area contributed by atoms with Crippen LogP contribution in [-0.4, -0.2) is 45.5 Å². The summed E-state index contributed by atoms with van der Waals surface area (Å²) in [5, 5.41) is 0. The molecule has 2 aromatic carbocycles. The van der Waals surface area contributed by atoms with Gasteiger partial charge in [-0.2, -0.15) is 4.40 Å². The standard InChI is InChI=1S/C26H27N5O3S/c1-17-5-2-7-19(13-17)22-14-20(10-11-28-22)26(32)31-12-4-6-18(15-31)16-34-23-9-3-8-21-24(23)25(27)30-35(33)29-21/h2-3,5,7-11,13-14,18,29H,4,6,12,15-16H2,1H3,(H2,27,30)/t18-,35?/m0/s1. The van der Waals surface area contributed by atoms with Gasteiger partial charge in [0.05, 0.1) is 23.6 Å². The molecule has 180 valence electrons. The summed E-state index contributed by atoms with van der Waals surface area (Å²) in [5.74, 6) is 0.972. The zero-order chi connectivity index (χ0) is 24.4. The van der Waals surface area contributed by atoms with Crippen molar-refractivity contribution in [2.45, 2.75) is 19.8 Å². The van der Waals surface area contributed by atoms with Gasteiger partial charge in [0.2, 0.25) is 11.2 Å². The van der Waals surface area contributed by atoms with Gasteiger partial charge in [0.1, 0.15) is 11.6 Å². The van der Waals surface area contributed by atoms with Gasteiger partial charge in [-0.15, -0.1) is 0 Å². The highest BCUT2D eigenvalue weighted by molar-refractivity contribution is 7.85. The number of anilines is 1. The minimum absolute atomic E-state index is 0.00569. The number of rotatable bonds is 5. The van der Waals surface area contributed by atoms with Crippen molar-refractivity contribution in [3.05, 3.63) is 77.5 Å². The molecule has 0 aliphatic carbocycles. The van der Waals surface area contributed by atoms with Gasteiger partial charge in [0.25, 0.3) is 5.91 Å². The molecule has 0 saturated carbocycles. The highest BCUT2D eigenvalue weighted by Crippen LogP contribution is 2.30. The molecule has 1 amide bonds. The van der Waals surface area contributed by atoms with Crippen LogP contribution in [0.4, 0.5) is 5.69 Å². The Kier molecular flexibility index (Phi) is 6.50. The van der Waals surface area contributed by atoms with E-state index in [2.05, 4.69) is 20.2 Å². The summed E-state index contributed by atoms with van der Waals surface area (Å²) >= 11 is -1.58. The van der Waals surface area contributed by atoms with Gasteiger partial charge >= 0.3 is 0 Å². The minimum atomic E-state index is -1.58. The fourth-order valence-corrected chi connectivity index (χ4v) is 5.23. The topological polar surface area (TPSA) is 110 Å². The van der Waals surface area contributed by atoms with Crippen LogP contribution in [0, 0.1) is 12.8 Å². The number of benzene rings is 2. The number of nitrogens with one attached hydrogen (secondary N) is 1. The van der Waals surface area contributed by atoms with Crippen LogP contribution < -0.4 is 15.2 Å². The number of carbonyl (C=O) groups is 1. The number of ether oxygens (including phenoxy) is 1. The van der Waals surface area contributed by atoms with E-state index < -0.39 is 11.2 Å². The molecule has 1 unspecified atom stereocenters. The lowest BCUT2D eigenvalue weighted by atomic mass is 9.98. The van der Waals surface area contributed by atoms with Gasteiger partial charge in [-0.05, 0) is 50.1 Å². The maximum absolute atomic E-state index is 13.3. The van der Waals surface area contributed by atoms with E-state index >= 15 is 0 Å². The van der Waals surface area contributed by atoms with Crippen LogP contribution >= 0.6 is 0 Å². The molecule has 0 radical (unpaired) electrons. The van der Waals surface area contributed by atoms with Crippen LogP contribution in [-0.2, 0) is 11.2 Å². The maximum Gasteiger partial charge on any atom is 0.253 e. The lowest BCUT2D eigenvalue weighted by molar-refractivity contribution is 0.0633. The number of hydrogen-bond donors (Lipinski definition) is 2. The summed E-state index contributed by atoms with van der Waals surface area (Å²) in [6.07, 6.45) is 3.57. The van der Waals surface area contributed by atoms with Crippen LogP contribution in [0.15, 0.2) is 65.2 Å². The number of hydrogen-bond acceptors (Lipinski definition) is 5. The molecule has 3 aromatic rings. The molecule has 2 aliphatic rings. The minimum Gasteiger partial charge on any atom is -0.492 e. The van der Waals surface area contributed by atoms with Crippen molar-refractivity contribution in [1.82, 2.24) is 9.88 Å². The summed E-state index contributed by atoms with van der Waals surface area (Å²) in [6.45, 7) is 3.81. The predicted octanol–water partition coefficient (Wildman–Crippen LogP) is 3.70. The second-order valence-corrected chi connectivity index (χ2v) is 9.76. The van der Waals surface area contributed by atoms with E-state index in [-0.39, 0.29) is 17.7 Å². The largest absolute Gasteiger partial charge is 0.492 e. The normalized spacial score (nSPS) is 19.3. The van der Waals surface area contributed by atoms with E-state index in [1.165, 1.54) is 0 Å². The number of amides is 1. The molecule has 3 N–H and O–H groups in total. The Labute approximate surface area is 207 Å². The van der Waals surface area contributed by atoms with E-state index in [0.29, 0.717) is 42.3 Å². The smallest absolute Gasteiger partial charge is 0.253 e. The Balaban J connectivity index is 1.27. The summed E-state index contributed by atoms with van der Waals surface area (Å²) in [5.41, 5.74) is 10.8. The highest BCUT2D eigenvalue weighted by Gasteiger charge is 2.26. The van der Waals surface area contributed by atoms with Gasteiger partial charge in [-0.3, -0.25) is 14.5 Å². The number of likely N-dealkylation sites (tertiary alicyclic amines) is 1. The molecule has 0 bridgehead atoms. The fraction of sp³-hybridized carbons (Fsp3) is 0.269. The number of aromatic nitrogens is 1. The molecule has 3 heterocycles. The fourth-order valence-electron chi connectivity index (χ4n) is 4.55. The number of piperidine rings is 1. The molecule has 2 atom stereocenters. The Hall–Kier alpha value is -3.72. The number of aryl methyl sites for hydroxylation is 1. The van der Waals surface area contributed by atoms with Crippen molar-refractivity contribution >= 4 is 28.6 Å². The Bertz CT molecular complexity index is 1330. The van der Waals surface area contributed by atoms with E-state index in [1.54, 1.807) is 18.3 Å². The van der Waals surface area contributed by atoms with Gasteiger partial charge in [0.15, 0.2) is 0 Å². The van der Waals surface area contributed by atoms with Crippen molar-refractivity contribution < 1.29 is 13.7 Å². The van der Waals surface area contributed by atoms with Crippen LogP contribution in [0.2, 0.25) is 0 Å². The third-order valence-corrected chi connectivity index (χ3v) is 7.02. The molecular weight excluding hydrogens is 462 g/mol. The second kappa shape index (κ2) is 9.87. The number of pyridine rings is 1. The average molecular weight is 490 g/mol. The molecule has 1 saturated heterocycles. The van der Waals surface area contributed by atoms with Crippen molar-refractivity contribution in [1.29, 1.82) is 0 Å². The summed E-state index contributed by atoms with van der Waals surface area (Å²) in [4.78, 5) is 19.7. The number of nitrogens with zero attached hydrogens (tertiary/aromatic N) is 3. The summed E-state index contributed by atoms with van der Waals surface area (Å²) in [7, 11) is 0. The lowest BCUT2D eigenvalue weighted by Gasteiger charge is -2.33. The first-order valence-electron chi connectivity index (χ1n) is 11.6. The van der Waals surface area contributed by atoms with Crippen LogP contribution in [0.25, 0.3) is 11.3 Å². The first-order chi connectivity index (χ1) is 17.0. The summed E-state index contributed by atoms with van der Waals surface area (Å²) in [6, 6.07) is 17.2. The average Bonchev–Trinajstić information content (AvgIpc) is 2.87. The van der Waals surface area contributed by atoms with Gasteiger partial charge < -0.3 is 15.4 Å². The first-order valence-corrected chi connectivity index (χ1v) is 12.7. The maximum atomic E-state index is 13.3. The SMILES string of the molecule is Cc1cccc(-c2cc(C(=O)N3CCC[C@H](COc4cccc5c4C(N)=NS(=O)N5)C3)ccn2)c1. The molecule has 9 heteroatoms. The Morgan fingerprint density at radius 2 is 2.09 bits per heavy atom. The Morgan fingerprint density at radius 1 is 1.23 bits per heavy atom. The number of amidine groups is 1. The molecule has 5 rings (SSSR count). The van der Waals surface area contributed by atoms with Crippen LogP contribution in [0.3, 0.4) is 0 Å². The quantitative estimate of drug-likeness (QED) is 0.568. The number of fused-ring (bicyclic) bond motifs is 1. The number of carbonyl (C=O) groups excluding carboxylic acids is 1. The van der Waals surface area contributed by atoms with Crippen molar-refractivity contribution in [2.24, 2.45) is 16.0 Å². The Morgan fingerprint density at radius 3 is 2.94 bits per heavy atom. The zero-order valence-corrected chi connectivity index (χ0v) is 20.3. The molecule has 0 spiro atoms. The van der Waals surface area contributed by atoms with Gasteiger partial charge in [-0.1, -0.05) is 29.8 Å². The lowest BCUT2D eigenvalue weighted by Crippen LogP contribution is -2.41. The third-order valence-electron chi connectivity index (χ3n) is 6.26. The van der Waals surface area contributed by atoms with Crippen molar-refractivity contribution in [2.75, 3.05) is 24.4 Å². The molecule has 1 fully saturated rings. The summed E-state index contributed by atoms with van der Waals surface area (Å²) < 4.78 is 24.6. The van der Waals surface area contributed by atoms with E-state index in [4.69, 9.17) is 10.5 Å². The van der Waals surface area contributed by atoms with Gasteiger partial charge in [-0.25, -0.2) is 4.21 Å². The molecule has 8 nitrogen and oxygen atoms in total. The number of nitrogens with two attached hydrogens (primary N) is 1. The van der Waals surface area contributed by atoms with Crippen molar-refractivity contribution in [3.8, 4) is 17.0 Å². The van der Waals surface area contributed by atoms with Crippen molar-refractivity contribution in [3.63, 3.8) is 0 Å². The third kappa shape index (κ3) is 5.05. The van der Waals surface area contributed by atoms with Crippen LogP contribution in [0.5, 0.6) is 5.75 Å². The zero-order valence-electron chi connectivity index (χ0n) is 19.4. The van der Waals surface area contributed by atoms with E-state index in [9.17, 15) is 9.00 Å².